The summed E-state index contributed by atoms with van der Waals surface area (Å²) in [5.74, 6) is -1.08. The molecule has 1 atom stereocenters. The van der Waals surface area contributed by atoms with Gasteiger partial charge in [-0.2, -0.15) is 0 Å². The van der Waals surface area contributed by atoms with Crippen molar-refractivity contribution in [3.63, 3.8) is 0 Å². The average molecular weight is 400 g/mol. The minimum absolute atomic E-state index is 0.120. The van der Waals surface area contributed by atoms with Gasteiger partial charge in [0, 0.05) is 32.2 Å². The molecule has 5 nitrogen and oxygen atoms in total. The Bertz CT molecular complexity index is 900. The molecule has 3 rings (SSSR count). The third-order valence-corrected chi connectivity index (χ3v) is 5.07. The number of benzene rings is 2. The first-order chi connectivity index (χ1) is 14.0. The third-order valence-electron chi connectivity index (χ3n) is 5.07. The first-order valence-corrected chi connectivity index (χ1v) is 9.80. The number of carbonyl (C=O) groups excluding carboxylic acids is 1. The minimum atomic E-state index is -0.874. The van der Waals surface area contributed by atoms with Gasteiger partial charge in [-0.15, -0.1) is 0 Å². The predicted octanol–water partition coefficient (Wildman–Crippen LogP) is 3.56. The van der Waals surface area contributed by atoms with Crippen molar-refractivity contribution < 1.29 is 13.6 Å². The van der Waals surface area contributed by atoms with E-state index in [1.54, 1.807) is 7.05 Å². The van der Waals surface area contributed by atoms with Crippen molar-refractivity contribution in [3.05, 3.63) is 65.2 Å². The zero-order valence-electron chi connectivity index (χ0n) is 16.7. The summed E-state index contributed by atoms with van der Waals surface area (Å²) in [5.41, 5.74) is 2.85. The smallest absolute Gasteiger partial charge is 0.227 e. The van der Waals surface area contributed by atoms with Crippen LogP contribution in [0.4, 0.5) is 14.5 Å². The molecule has 2 aromatic rings. The Morgan fingerprint density at radius 3 is 2.76 bits per heavy atom. The fourth-order valence-electron chi connectivity index (χ4n) is 3.44. The highest BCUT2D eigenvalue weighted by Gasteiger charge is 2.23. The Labute approximate surface area is 169 Å². The lowest BCUT2D eigenvalue weighted by Gasteiger charge is -2.19. The van der Waals surface area contributed by atoms with Crippen molar-refractivity contribution in [3.8, 4) is 0 Å². The molecule has 1 heterocycles. The molecule has 0 bridgehead atoms. The number of hydrogen-bond donors (Lipinski definition) is 2. The topological polar surface area (TPSA) is 56.7 Å². The van der Waals surface area contributed by atoms with Gasteiger partial charge in [-0.05, 0) is 49.1 Å². The number of para-hydroxylation sites is 1. The third kappa shape index (κ3) is 5.10. The summed E-state index contributed by atoms with van der Waals surface area (Å²) in [6.45, 7) is 3.15. The molecule has 0 saturated carbocycles. The number of anilines is 1. The summed E-state index contributed by atoms with van der Waals surface area (Å²) in [5, 5.41) is 6.30. The highest BCUT2D eigenvalue weighted by Crippen LogP contribution is 2.28. The van der Waals surface area contributed by atoms with Gasteiger partial charge >= 0.3 is 0 Å². The van der Waals surface area contributed by atoms with Gasteiger partial charge < -0.3 is 15.5 Å². The summed E-state index contributed by atoms with van der Waals surface area (Å²) < 4.78 is 26.5. The van der Waals surface area contributed by atoms with E-state index in [9.17, 15) is 13.6 Å². The Morgan fingerprint density at radius 1 is 1.21 bits per heavy atom. The van der Waals surface area contributed by atoms with E-state index in [2.05, 4.69) is 21.7 Å². The molecule has 0 fully saturated rings. The van der Waals surface area contributed by atoms with E-state index >= 15 is 0 Å². The van der Waals surface area contributed by atoms with E-state index in [-0.39, 0.29) is 11.9 Å². The van der Waals surface area contributed by atoms with E-state index in [0.717, 1.165) is 24.7 Å². The molecular formula is C22H26F2N4O. The largest absolute Gasteiger partial charge is 0.356 e. The van der Waals surface area contributed by atoms with Crippen molar-refractivity contribution in [1.29, 1.82) is 0 Å². The van der Waals surface area contributed by atoms with Crippen LogP contribution in [0.25, 0.3) is 0 Å². The van der Waals surface area contributed by atoms with Gasteiger partial charge in [0.1, 0.15) is 0 Å². The molecule has 0 radical (unpaired) electrons. The standard InChI is InChI=1S/C22H26F2N4O/c1-15(17-9-10-18(23)19(24)14-17)27-22(25-2)26-12-5-8-21(29)28-13-11-16-6-3-4-7-20(16)28/h3-4,6-7,9-10,14-15H,5,8,11-13H2,1-2H3,(H2,25,26,27). The van der Waals surface area contributed by atoms with Crippen LogP contribution in [-0.4, -0.2) is 32.0 Å². The molecule has 1 unspecified atom stereocenters. The van der Waals surface area contributed by atoms with Crippen LogP contribution in [-0.2, 0) is 11.2 Å². The van der Waals surface area contributed by atoms with Gasteiger partial charge in [0.25, 0.3) is 0 Å². The Hall–Kier alpha value is -2.96. The number of aliphatic imine (C=N–C) groups is 1. The molecule has 29 heavy (non-hydrogen) atoms. The van der Waals surface area contributed by atoms with Crippen LogP contribution in [0, 0.1) is 11.6 Å². The number of halogens is 2. The van der Waals surface area contributed by atoms with E-state index in [0.29, 0.717) is 30.9 Å². The summed E-state index contributed by atoms with van der Waals surface area (Å²) in [6.07, 6.45) is 2.01. The van der Waals surface area contributed by atoms with Gasteiger partial charge in [0.15, 0.2) is 17.6 Å². The average Bonchev–Trinajstić information content (AvgIpc) is 3.16. The molecule has 0 aliphatic carbocycles. The van der Waals surface area contributed by atoms with Crippen LogP contribution in [0.5, 0.6) is 0 Å². The predicted molar refractivity (Wildman–Crippen MR) is 111 cm³/mol. The molecule has 1 aliphatic rings. The number of rotatable bonds is 6. The molecule has 2 N–H and O–H groups in total. The molecule has 1 aliphatic heterocycles. The number of guanidine groups is 1. The van der Waals surface area contributed by atoms with Crippen molar-refractivity contribution >= 4 is 17.6 Å². The molecule has 0 aromatic heterocycles. The molecule has 2 aromatic carbocycles. The molecule has 0 spiro atoms. The van der Waals surface area contributed by atoms with Crippen LogP contribution in [0.15, 0.2) is 47.5 Å². The zero-order valence-corrected chi connectivity index (χ0v) is 16.7. The quantitative estimate of drug-likeness (QED) is 0.443. The van der Waals surface area contributed by atoms with Crippen LogP contribution in [0.2, 0.25) is 0 Å². The Balaban J connectivity index is 1.44. The highest BCUT2D eigenvalue weighted by molar-refractivity contribution is 5.95. The Morgan fingerprint density at radius 2 is 2.00 bits per heavy atom. The lowest BCUT2D eigenvalue weighted by atomic mass is 10.1. The first-order valence-electron chi connectivity index (χ1n) is 9.80. The Kier molecular flexibility index (Phi) is 6.80. The summed E-state index contributed by atoms with van der Waals surface area (Å²) in [7, 11) is 1.64. The SMILES string of the molecule is CN=C(NCCCC(=O)N1CCc2ccccc21)NC(C)c1ccc(F)c(F)c1. The van der Waals surface area contributed by atoms with Gasteiger partial charge in [0.2, 0.25) is 5.91 Å². The lowest BCUT2D eigenvalue weighted by Crippen LogP contribution is -2.39. The molecule has 1 amide bonds. The number of amides is 1. The lowest BCUT2D eigenvalue weighted by molar-refractivity contribution is -0.118. The van der Waals surface area contributed by atoms with Gasteiger partial charge in [-0.25, -0.2) is 8.78 Å². The van der Waals surface area contributed by atoms with Gasteiger partial charge in [0.05, 0.1) is 6.04 Å². The number of hydrogen-bond acceptors (Lipinski definition) is 2. The number of nitrogens with zero attached hydrogens (tertiary/aromatic N) is 2. The normalized spacial score (nSPS) is 14.5. The van der Waals surface area contributed by atoms with Crippen LogP contribution in [0.1, 0.15) is 36.9 Å². The monoisotopic (exact) mass is 400 g/mol. The highest BCUT2D eigenvalue weighted by atomic mass is 19.2. The fraction of sp³-hybridized carbons (Fsp3) is 0.364. The van der Waals surface area contributed by atoms with E-state index < -0.39 is 11.6 Å². The maximum atomic E-state index is 13.4. The molecule has 7 heteroatoms. The second kappa shape index (κ2) is 9.49. The zero-order chi connectivity index (χ0) is 20.8. The van der Waals surface area contributed by atoms with Crippen LogP contribution < -0.4 is 15.5 Å². The summed E-state index contributed by atoms with van der Waals surface area (Å²) >= 11 is 0. The van der Waals surface area contributed by atoms with Crippen molar-refractivity contribution in [2.24, 2.45) is 4.99 Å². The van der Waals surface area contributed by atoms with Crippen molar-refractivity contribution in [2.75, 3.05) is 25.0 Å². The number of nitrogens with one attached hydrogen (secondary N) is 2. The minimum Gasteiger partial charge on any atom is -0.356 e. The number of fused-ring (bicyclic) bond motifs is 1. The second-order valence-corrected chi connectivity index (χ2v) is 7.07. The van der Waals surface area contributed by atoms with Gasteiger partial charge in [-0.1, -0.05) is 24.3 Å². The summed E-state index contributed by atoms with van der Waals surface area (Å²) in [6, 6.07) is 11.6. The molecular weight excluding hydrogens is 374 g/mol. The van der Waals surface area contributed by atoms with E-state index in [1.807, 2.05) is 30.0 Å². The van der Waals surface area contributed by atoms with E-state index in [4.69, 9.17) is 0 Å². The fourth-order valence-corrected chi connectivity index (χ4v) is 3.44. The molecule has 0 saturated heterocycles. The maximum absolute atomic E-state index is 13.4. The first kappa shape index (κ1) is 20.8. The summed E-state index contributed by atoms with van der Waals surface area (Å²) in [4.78, 5) is 18.5. The molecule has 154 valence electrons. The number of carbonyl (C=O) groups is 1. The van der Waals surface area contributed by atoms with Crippen LogP contribution >= 0.6 is 0 Å². The van der Waals surface area contributed by atoms with Crippen LogP contribution in [0.3, 0.4) is 0 Å². The van der Waals surface area contributed by atoms with E-state index in [1.165, 1.54) is 17.7 Å². The van der Waals surface area contributed by atoms with Gasteiger partial charge in [-0.3, -0.25) is 9.79 Å². The van der Waals surface area contributed by atoms with Crippen molar-refractivity contribution in [2.45, 2.75) is 32.2 Å². The maximum Gasteiger partial charge on any atom is 0.227 e. The second-order valence-electron chi connectivity index (χ2n) is 7.07. The van der Waals surface area contributed by atoms with Crippen molar-refractivity contribution in [1.82, 2.24) is 10.6 Å².